The SMILES string of the molecule is CC(C)C(=O)OCc1ccc(C=O)c(O)c1. The Morgan fingerprint density at radius 3 is 2.69 bits per heavy atom. The van der Waals surface area contributed by atoms with E-state index in [0.717, 1.165) is 0 Å². The Morgan fingerprint density at radius 2 is 2.19 bits per heavy atom. The number of phenols is 1. The molecule has 1 aromatic rings. The average molecular weight is 222 g/mol. The topological polar surface area (TPSA) is 63.6 Å². The normalized spacial score (nSPS) is 10.2. The first-order valence-electron chi connectivity index (χ1n) is 4.98. The molecule has 16 heavy (non-hydrogen) atoms. The second-order valence-corrected chi connectivity index (χ2v) is 3.77. The van der Waals surface area contributed by atoms with Crippen molar-refractivity contribution in [2.24, 2.45) is 5.92 Å². The molecule has 0 aliphatic rings. The summed E-state index contributed by atoms with van der Waals surface area (Å²) in [5, 5.41) is 9.39. The van der Waals surface area contributed by atoms with E-state index in [2.05, 4.69) is 0 Å². The summed E-state index contributed by atoms with van der Waals surface area (Å²) in [6.45, 7) is 3.59. The Kier molecular flexibility index (Phi) is 4.05. The number of benzene rings is 1. The first-order valence-corrected chi connectivity index (χ1v) is 4.98. The van der Waals surface area contributed by atoms with E-state index < -0.39 is 0 Å². The second-order valence-electron chi connectivity index (χ2n) is 3.77. The van der Waals surface area contributed by atoms with Gasteiger partial charge in [-0.3, -0.25) is 9.59 Å². The molecule has 0 unspecified atom stereocenters. The molecule has 0 saturated carbocycles. The van der Waals surface area contributed by atoms with E-state index in [-0.39, 0.29) is 29.8 Å². The molecule has 4 heteroatoms. The molecule has 86 valence electrons. The van der Waals surface area contributed by atoms with E-state index in [1.165, 1.54) is 12.1 Å². The first-order chi connectivity index (χ1) is 7.54. The monoisotopic (exact) mass is 222 g/mol. The van der Waals surface area contributed by atoms with Gasteiger partial charge in [-0.15, -0.1) is 0 Å². The third-order valence-corrected chi connectivity index (χ3v) is 2.07. The summed E-state index contributed by atoms with van der Waals surface area (Å²) in [5.74, 6) is -0.574. The molecule has 0 amide bonds. The molecule has 0 aliphatic heterocycles. The quantitative estimate of drug-likeness (QED) is 0.624. The highest BCUT2D eigenvalue weighted by Crippen LogP contribution is 2.17. The largest absolute Gasteiger partial charge is 0.507 e. The zero-order valence-electron chi connectivity index (χ0n) is 9.27. The Hall–Kier alpha value is -1.84. The molecular weight excluding hydrogens is 208 g/mol. The van der Waals surface area contributed by atoms with Gasteiger partial charge >= 0.3 is 5.97 Å². The van der Waals surface area contributed by atoms with Crippen molar-refractivity contribution >= 4 is 12.3 Å². The van der Waals surface area contributed by atoms with Crippen LogP contribution >= 0.6 is 0 Å². The van der Waals surface area contributed by atoms with Crippen LogP contribution in [-0.2, 0) is 16.1 Å². The van der Waals surface area contributed by atoms with Gasteiger partial charge in [0.2, 0.25) is 0 Å². The van der Waals surface area contributed by atoms with Gasteiger partial charge in [0.1, 0.15) is 12.4 Å². The lowest BCUT2D eigenvalue weighted by Gasteiger charge is -2.07. The summed E-state index contributed by atoms with van der Waals surface area (Å²) in [6.07, 6.45) is 0.569. The van der Waals surface area contributed by atoms with Gasteiger partial charge in [-0.25, -0.2) is 0 Å². The van der Waals surface area contributed by atoms with Gasteiger partial charge in [0, 0.05) is 0 Å². The lowest BCUT2D eigenvalue weighted by atomic mass is 10.1. The summed E-state index contributed by atoms with van der Waals surface area (Å²) in [6, 6.07) is 4.54. The van der Waals surface area contributed by atoms with Crippen LogP contribution in [0.4, 0.5) is 0 Å². The summed E-state index contributed by atoms with van der Waals surface area (Å²) in [7, 11) is 0. The smallest absolute Gasteiger partial charge is 0.308 e. The van der Waals surface area contributed by atoms with Crippen molar-refractivity contribution in [1.82, 2.24) is 0 Å². The molecular formula is C12H14O4. The van der Waals surface area contributed by atoms with Crippen LogP contribution in [0.3, 0.4) is 0 Å². The molecule has 4 nitrogen and oxygen atoms in total. The molecule has 1 rings (SSSR count). The fourth-order valence-corrected chi connectivity index (χ4v) is 1.10. The summed E-state index contributed by atoms with van der Waals surface area (Å²) in [5.41, 5.74) is 0.871. The minimum Gasteiger partial charge on any atom is -0.507 e. The number of esters is 1. The van der Waals surface area contributed by atoms with Crippen molar-refractivity contribution < 1.29 is 19.4 Å². The van der Waals surface area contributed by atoms with Gasteiger partial charge in [0.15, 0.2) is 6.29 Å². The van der Waals surface area contributed by atoms with E-state index in [0.29, 0.717) is 11.8 Å². The maximum Gasteiger partial charge on any atom is 0.308 e. The number of aldehydes is 1. The van der Waals surface area contributed by atoms with E-state index in [4.69, 9.17) is 4.74 Å². The predicted molar refractivity (Wildman–Crippen MR) is 58.1 cm³/mol. The molecule has 1 aromatic carbocycles. The van der Waals surface area contributed by atoms with Gasteiger partial charge in [0.05, 0.1) is 11.5 Å². The number of hydrogen-bond acceptors (Lipinski definition) is 4. The Morgan fingerprint density at radius 1 is 1.50 bits per heavy atom. The van der Waals surface area contributed by atoms with Crippen molar-refractivity contribution in [2.45, 2.75) is 20.5 Å². The van der Waals surface area contributed by atoms with Crippen LogP contribution in [0.25, 0.3) is 0 Å². The molecule has 0 aromatic heterocycles. The Bertz CT molecular complexity index is 396. The maximum atomic E-state index is 11.2. The van der Waals surface area contributed by atoms with Gasteiger partial charge in [0.25, 0.3) is 0 Å². The number of ether oxygens (including phenoxy) is 1. The zero-order chi connectivity index (χ0) is 12.1. The molecule has 0 radical (unpaired) electrons. The zero-order valence-corrected chi connectivity index (χ0v) is 9.27. The van der Waals surface area contributed by atoms with Crippen LogP contribution < -0.4 is 0 Å². The number of rotatable bonds is 4. The third kappa shape index (κ3) is 3.08. The van der Waals surface area contributed by atoms with Crippen LogP contribution in [0.1, 0.15) is 29.8 Å². The van der Waals surface area contributed by atoms with Crippen LogP contribution in [0.15, 0.2) is 18.2 Å². The lowest BCUT2D eigenvalue weighted by molar-refractivity contribution is -0.148. The van der Waals surface area contributed by atoms with E-state index in [1.54, 1.807) is 19.9 Å². The number of carbonyl (C=O) groups is 2. The molecule has 1 N–H and O–H groups in total. The predicted octanol–water partition coefficient (Wildman–Crippen LogP) is 1.90. The van der Waals surface area contributed by atoms with Crippen molar-refractivity contribution in [3.63, 3.8) is 0 Å². The standard InChI is InChI=1S/C12H14O4/c1-8(2)12(15)16-7-9-3-4-10(6-13)11(14)5-9/h3-6,8,14H,7H2,1-2H3. The van der Waals surface area contributed by atoms with E-state index in [9.17, 15) is 14.7 Å². The average Bonchev–Trinajstić information content (AvgIpc) is 2.25. The van der Waals surface area contributed by atoms with Gasteiger partial charge in [-0.05, 0) is 17.7 Å². The van der Waals surface area contributed by atoms with Crippen molar-refractivity contribution in [3.8, 4) is 5.75 Å². The minimum absolute atomic E-state index is 0.101. The van der Waals surface area contributed by atoms with Crippen LogP contribution in [-0.4, -0.2) is 17.4 Å². The third-order valence-electron chi connectivity index (χ3n) is 2.07. The molecule has 0 bridgehead atoms. The minimum atomic E-state index is -0.293. The lowest BCUT2D eigenvalue weighted by Crippen LogP contribution is -2.11. The van der Waals surface area contributed by atoms with Crippen LogP contribution in [0, 0.1) is 5.92 Å². The van der Waals surface area contributed by atoms with E-state index in [1.807, 2.05) is 0 Å². The Labute approximate surface area is 93.9 Å². The van der Waals surface area contributed by atoms with Crippen molar-refractivity contribution in [2.75, 3.05) is 0 Å². The van der Waals surface area contributed by atoms with Crippen molar-refractivity contribution in [3.05, 3.63) is 29.3 Å². The molecule has 0 atom stereocenters. The number of aromatic hydroxyl groups is 1. The molecule has 0 fully saturated rings. The maximum absolute atomic E-state index is 11.2. The van der Waals surface area contributed by atoms with Crippen LogP contribution in [0.2, 0.25) is 0 Å². The van der Waals surface area contributed by atoms with Crippen molar-refractivity contribution in [1.29, 1.82) is 0 Å². The van der Waals surface area contributed by atoms with Gasteiger partial charge < -0.3 is 9.84 Å². The fraction of sp³-hybridized carbons (Fsp3) is 0.333. The Balaban J connectivity index is 2.65. The molecule has 0 aliphatic carbocycles. The number of phenolic OH excluding ortho intramolecular Hbond substituents is 1. The number of hydrogen-bond donors (Lipinski definition) is 1. The van der Waals surface area contributed by atoms with Gasteiger partial charge in [-0.2, -0.15) is 0 Å². The highest BCUT2D eigenvalue weighted by atomic mass is 16.5. The molecule has 0 saturated heterocycles. The highest BCUT2D eigenvalue weighted by Gasteiger charge is 2.09. The summed E-state index contributed by atoms with van der Waals surface area (Å²) < 4.78 is 4.98. The molecule has 0 heterocycles. The van der Waals surface area contributed by atoms with Gasteiger partial charge in [-0.1, -0.05) is 19.9 Å². The molecule has 0 spiro atoms. The summed E-state index contributed by atoms with van der Waals surface area (Å²) in [4.78, 5) is 21.6. The highest BCUT2D eigenvalue weighted by molar-refractivity contribution is 5.79. The first kappa shape index (κ1) is 12.2. The van der Waals surface area contributed by atoms with E-state index >= 15 is 0 Å². The summed E-state index contributed by atoms with van der Waals surface area (Å²) >= 11 is 0. The fourth-order valence-electron chi connectivity index (χ4n) is 1.10. The second kappa shape index (κ2) is 5.30. The number of carbonyl (C=O) groups excluding carboxylic acids is 2. The van der Waals surface area contributed by atoms with Crippen LogP contribution in [0.5, 0.6) is 5.75 Å².